The van der Waals surface area contributed by atoms with E-state index in [0.717, 1.165) is 10.5 Å². The summed E-state index contributed by atoms with van der Waals surface area (Å²) in [6, 6.07) is 6.20. The smallest absolute Gasteiger partial charge is 0.446 e. The Hall–Kier alpha value is -3.49. The molecule has 0 bridgehead atoms. The maximum atomic E-state index is 13.2. The van der Waals surface area contributed by atoms with E-state index < -0.39 is 30.3 Å². The summed E-state index contributed by atoms with van der Waals surface area (Å²) in [5.74, 6) is -0.519. The van der Waals surface area contributed by atoms with Crippen LogP contribution in [0.1, 0.15) is 20.3 Å². The van der Waals surface area contributed by atoms with Crippen molar-refractivity contribution in [3.63, 3.8) is 0 Å². The van der Waals surface area contributed by atoms with Crippen LogP contribution in [0.3, 0.4) is 0 Å². The number of imide groups is 1. The number of amides is 4. The van der Waals surface area contributed by atoms with Crippen molar-refractivity contribution in [3.8, 4) is 5.75 Å². The van der Waals surface area contributed by atoms with Crippen LogP contribution in [0, 0.1) is 5.92 Å². The number of ether oxygens (including phenoxy) is 2. The summed E-state index contributed by atoms with van der Waals surface area (Å²) in [5.41, 5.74) is 1.30. The molecule has 2 heterocycles. The molecule has 30 heavy (non-hydrogen) atoms. The molecule has 1 atom stereocenters. The molecule has 158 valence electrons. The van der Waals surface area contributed by atoms with E-state index in [2.05, 4.69) is 10.3 Å². The largest absolute Gasteiger partial charge is 0.497 e. The SMILES string of the molecule is CCOC1=C(CC)C=NC2=[N+](C)C(=O)N(CC(=O)Nc3cccc(OC)c3)C(=O)C12. The van der Waals surface area contributed by atoms with Gasteiger partial charge in [0.05, 0.1) is 20.8 Å². The van der Waals surface area contributed by atoms with E-state index in [-0.39, 0.29) is 0 Å². The van der Waals surface area contributed by atoms with Gasteiger partial charge in [-0.05, 0) is 25.5 Å². The molecule has 9 heteroatoms. The lowest BCUT2D eigenvalue weighted by atomic mass is 9.94. The summed E-state index contributed by atoms with van der Waals surface area (Å²) < 4.78 is 12.2. The number of urea groups is 1. The van der Waals surface area contributed by atoms with Crippen molar-refractivity contribution in [1.29, 1.82) is 0 Å². The topological polar surface area (TPSA) is 100 Å². The van der Waals surface area contributed by atoms with E-state index in [1.807, 2.05) is 13.8 Å². The average Bonchev–Trinajstić information content (AvgIpc) is 2.75. The molecule has 0 spiro atoms. The molecular weight excluding hydrogens is 388 g/mol. The van der Waals surface area contributed by atoms with Gasteiger partial charge in [0, 0.05) is 17.3 Å². The van der Waals surface area contributed by atoms with Gasteiger partial charge in [-0.15, -0.1) is 4.99 Å². The van der Waals surface area contributed by atoms with Gasteiger partial charge in [-0.1, -0.05) is 13.0 Å². The predicted octanol–water partition coefficient (Wildman–Crippen LogP) is 2.04. The lowest BCUT2D eigenvalue weighted by molar-refractivity contribution is -0.408. The fourth-order valence-electron chi connectivity index (χ4n) is 3.40. The van der Waals surface area contributed by atoms with Crippen molar-refractivity contribution in [3.05, 3.63) is 35.6 Å². The second-order valence-electron chi connectivity index (χ2n) is 6.77. The van der Waals surface area contributed by atoms with Crippen LogP contribution in [0.15, 0.2) is 40.6 Å². The molecule has 1 aromatic rings. The number of amidine groups is 1. The number of allylic oxidation sites excluding steroid dienone is 1. The number of nitrogens with one attached hydrogen (secondary N) is 1. The molecule has 2 aliphatic rings. The Balaban J connectivity index is 1.86. The average molecular weight is 413 g/mol. The third-order valence-electron chi connectivity index (χ3n) is 4.90. The first-order chi connectivity index (χ1) is 14.4. The van der Waals surface area contributed by atoms with E-state index in [1.54, 1.807) is 30.5 Å². The second-order valence-corrected chi connectivity index (χ2v) is 6.77. The number of nitrogens with zero attached hydrogens (tertiary/aromatic N) is 3. The first-order valence-electron chi connectivity index (χ1n) is 9.70. The van der Waals surface area contributed by atoms with Crippen molar-refractivity contribution >= 4 is 35.6 Å². The van der Waals surface area contributed by atoms with Crippen LogP contribution in [-0.2, 0) is 14.3 Å². The van der Waals surface area contributed by atoms with Gasteiger partial charge in [-0.3, -0.25) is 9.59 Å². The van der Waals surface area contributed by atoms with Gasteiger partial charge in [-0.2, -0.15) is 9.48 Å². The first kappa shape index (κ1) is 21.2. The van der Waals surface area contributed by atoms with E-state index in [0.29, 0.717) is 36.1 Å². The molecule has 0 aromatic heterocycles. The van der Waals surface area contributed by atoms with Crippen LogP contribution in [0.5, 0.6) is 5.75 Å². The molecule has 1 aromatic carbocycles. The van der Waals surface area contributed by atoms with Crippen LogP contribution in [-0.4, -0.2) is 66.7 Å². The van der Waals surface area contributed by atoms with E-state index in [4.69, 9.17) is 9.47 Å². The maximum Gasteiger partial charge on any atom is 0.446 e. The van der Waals surface area contributed by atoms with Crippen LogP contribution in [0.4, 0.5) is 10.5 Å². The number of fused-ring (bicyclic) bond motifs is 1. The number of benzene rings is 1. The van der Waals surface area contributed by atoms with Gasteiger partial charge in [0.1, 0.15) is 17.7 Å². The minimum atomic E-state index is -0.850. The Labute approximate surface area is 174 Å². The predicted molar refractivity (Wildman–Crippen MR) is 111 cm³/mol. The lowest BCUT2D eigenvalue weighted by Crippen LogP contribution is -2.56. The molecular formula is C21H25N4O5+. The van der Waals surface area contributed by atoms with Gasteiger partial charge in [-0.25, -0.2) is 4.79 Å². The minimum absolute atomic E-state index is 0.301. The highest BCUT2D eigenvalue weighted by molar-refractivity contribution is 6.17. The van der Waals surface area contributed by atoms with E-state index >= 15 is 0 Å². The Morgan fingerprint density at radius 2 is 2.07 bits per heavy atom. The fourth-order valence-corrected chi connectivity index (χ4v) is 3.40. The molecule has 0 saturated carbocycles. The number of anilines is 1. The van der Waals surface area contributed by atoms with Crippen LogP contribution < -0.4 is 10.1 Å². The summed E-state index contributed by atoms with van der Waals surface area (Å²) >= 11 is 0. The number of aliphatic imine (C=N–C) groups is 1. The van der Waals surface area contributed by atoms with Crippen LogP contribution in [0.25, 0.3) is 0 Å². The fraction of sp³-hybridized carbons (Fsp3) is 0.381. The number of carbonyl (C=O) groups is 3. The Morgan fingerprint density at radius 3 is 2.73 bits per heavy atom. The van der Waals surface area contributed by atoms with Gasteiger partial charge in [0.2, 0.25) is 0 Å². The van der Waals surface area contributed by atoms with Crippen molar-refractivity contribution in [2.24, 2.45) is 10.9 Å². The number of methoxy groups -OCH3 is 1. The molecule has 9 nitrogen and oxygen atoms in total. The number of dihydropyridines is 1. The Morgan fingerprint density at radius 1 is 1.30 bits per heavy atom. The highest BCUT2D eigenvalue weighted by Crippen LogP contribution is 2.29. The van der Waals surface area contributed by atoms with Gasteiger partial charge < -0.3 is 14.8 Å². The molecule has 2 aliphatic heterocycles. The zero-order valence-electron chi connectivity index (χ0n) is 17.5. The van der Waals surface area contributed by atoms with E-state index in [1.165, 1.54) is 18.7 Å². The standard InChI is InChI=1S/C21H24N4O5/c1-5-13-11-22-19-17(18(13)30-6-2)20(27)25(21(28)24(19)3)12-16(26)23-14-8-7-9-15(10-14)29-4/h7-11,17H,5-6,12H2,1-4H3/p+1. The lowest BCUT2D eigenvalue weighted by Gasteiger charge is -2.29. The van der Waals surface area contributed by atoms with Gasteiger partial charge in [0.25, 0.3) is 11.7 Å². The highest BCUT2D eigenvalue weighted by Gasteiger charge is 2.51. The first-order valence-corrected chi connectivity index (χ1v) is 9.70. The molecule has 1 N–H and O–H groups in total. The quantitative estimate of drug-likeness (QED) is 0.690. The molecule has 0 aliphatic carbocycles. The molecule has 0 radical (unpaired) electrons. The summed E-state index contributed by atoms with van der Waals surface area (Å²) in [7, 11) is 3.05. The summed E-state index contributed by atoms with van der Waals surface area (Å²) in [6.45, 7) is 3.71. The molecule has 1 unspecified atom stereocenters. The third kappa shape index (κ3) is 3.96. The van der Waals surface area contributed by atoms with Crippen LogP contribution in [0.2, 0.25) is 0 Å². The van der Waals surface area contributed by atoms with Crippen molar-refractivity contribution < 1.29 is 28.4 Å². The van der Waals surface area contributed by atoms with Gasteiger partial charge >= 0.3 is 11.9 Å². The Kier molecular flexibility index (Phi) is 6.29. The summed E-state index contributed by atoms with van der Waals surface area (Å²) in [5, 5.41) is 2.68. The summed E-state index contributed by atoms with van der Waals surface area (Å²) in [4.78, 5) is 43.8. The maximum absolute atomic E-state index is 13.2. The highest BCUT2D eigenvalue weighted by atomic mass is 16.5. The van der Waals surface area contributed by atoms with Crippen molar-refractivity contribution in [2.45, 2.75) is 20.3 Å². The number of carbonyl (C=O) groups excluding carboxylic acids is 3. The molecule has 0 fully saturated rings. The monoisotopic (exact) mass is 413 g/mol. The molecule has 4 amide bonds. The van der Waals surface area contributed by atoms with Crippen molar-refractivity contribution in [1.82, 2.24) is 4.90 Å². The number of hydrogen-bond donors (Lipinski definition) is 1. The van der Waals surface area contributed by atoms with Crippen molar-refractivity contribution in [2.75, 3.05) is 32.6 Å². The molecule has 3 rings (SSSR count). The normalized spacial score (nSPS) is 18.5. The zero-order valence-corrected chi connectivity index (χ0v) is 17.5. The van der Waals surface area contributed by atoms with Gasteiger partial charge in [0.15, 0.2) is 12.5 Å². The minimum Gasteiger partial charge on any atom is -0.497 e. The van der Waals surface area contributed by atoms with Crippen LogP contribution >= 0.6 is 0 Å². The summed E-state index contributed by atoms with van der Waals surface area (Å²) in [6.07, 6.45) is 2.25. The molecule has 0 saturated heterocycles. The number of rotatable bonds is 7. The zero-order chi connectivity index (χ0) is 21.8. The Bertz CT molecular complexity index is 979. The third-order valence-corrected chi connectivity index (χ3v) is 4.90. The van der Waals surface area contributed by atoms with E-state index in [9.17, 15) is 14.4 Å². The number of hydrogen-bond acceptors (Lipinski definition) is 6. The second kappa shape index (κ2) is 8.89.